The number of hydrogen-bond acceptors (Lipinski definition) is 4. The van der Waals surface area contributed by atoms with Crippen molar-refractivity contribution in [1.29, 1.82) is 0 Å². The number of rotatable bonds is 5. The van der Waals surface area contributed by atoms with Crippen LogP contribution in [0, 0.1) is 3.57 Å². The Bertz CT molecular complexity index is 651. The second kappa shape index (κ2) is 5.61. The minimum atomic E-state index is -3.77. The Kier molecular flexibility index (Phi) is 4.77. The molecule has 1 atom stereocenters. The van der Waals surface area contributed by atoms with Gasteiger partial charge < -0.3 is 9.67 Å². The van der Waals surface area contributed by atoms with E-state index >= 15 is 0 Å². The fourth-order valence-corrected chi connectivity index (χ4v) is 2.66. The van der Waals surface area contributed by atoms with E-state index in [1.54, 1.807) is 6.07 Å². The van der Waals surface area contributed by atoms with Crippen LogP contribution < -0.4 is 5.56 Å². The third-order valence-corrected chi connectivity index (χ3v) is 5.75. The van der Waals surface area contributed by atoms with E-state index in [-0.39, 0.29) is 18.5 Å². The maximum atomic E-state index is 11.6. The molecule has 0 fully saturated rings. The van der Waals surface area contributed by atoms with Gasteiger partial charge in [-0.1, -0.05) is 0 Å². The van der Waals surface area contributed by atoms with Gasteiger partial charge in [-0.2, -0.15) is 0 Å². The van der Waals surface area contributed by atoms with E-state index in [1.165, 1.54) is 16.8 Å². The zero-order chi connectivity index (χ0) is 14.8. The number of carbonyl (C=O) groups is 1. The smallest absolute Gasteiger partial charge is 0.324 e. The number of aryl methyl sites for hydroxylation is 1. The van der Waals surface area contributed by atoms with Gasteiger partial charge in [0.2, 0.25) is 0 Å². The summed E-state index contributed by atoms with van der Waals surface area (Å²) in [6.07, 6.45) is 2.24. The van der Waals surface area contributed by atoms with Gasteiger partial charge in [0.1, 0.15) is 0 Å². The largest absolute Gasteiger partial charge is 0.480 e. The summed E-state index contributed by atoms with van der Waals surface area (Å²) in [6, 6.07) is 3.10. The van der Waals surface area contributed by atoms with Crippen LogP contribution in [0.25, 0.3) is 0 Å². The second-order valence-corrected chi connectivity index (χ2v) is 8.13. The molecule has 0 spiro atoms. The van der Waals surface area contributed by atoms with E-state index in [2.05, 4.69) is 0 Å². The van der Waals surface area contributed by atoms with Crippen LogP contribution in [0.5, 0.6) is 0 Å². The minimum absolute atomic E-state index is 0.0334. The fourth-order valence-electron chi connectivity index (χ4n) is 1.45. The van der Waals surface area contributed by atoms with Gasteiger partial charge in [0, 0.05) is 28.6 Å². The fraction of sp³-hybridized carbons (Fsp3) is 0.455. The number of sulfone groups is 1. The van der Waals surface area contributed by atoms with Crippen LogP contribution in [-0.4, -0.2) is 35.1 Å². The van der Waals surface area contributed by atoms with Crippen LogP contribution in [-0.2, 0) is 21.2 Å². The van der Waals surface area contributed by atoms with Crippen LogP contribution in [0.2, 0.25) is 0 Å². The molecule has 0 radical (unpaired) electrons. The number of hydrogen-bond donors (Lipinski definition) is 1. The monoisotopic (exact) mass is 399 g/mol. The lowest BCUT2D eigenvalue weighted by Crippen LogP contribution is -2.44. The Hall–Kier alpha value is -0.900. The van der Waals surface area contributed by atoms with Crippen molar-refractivity contribution < 1.29 is 18.3 Å². The lowest BCUT2D eigenvalue weighted by atomic mass is 10.1. The summed E-state index contributed by atoms with van der Waals surface area (Å²) in [5.74, 6) is -1.41. The van der Waals surface area contributed by atoms with Gasteiger partial charge in [0.15, 0.2) is 14.6 Å². The molecular formula is C11H14INO5S. The molecule has 0 saturated heterocycles. The van der Waals surface area contributed by atoms with Crippen molar-refractivity contribution in [3.05, 3.63) is 32.3 Å². The minimum Gasteiger partial charge on any atom is -0.480 e. The van der Waals surface area contributed by atoms with Gasteiger partial charge in [-0.25, -0.2) is 8.42 Å². The zero-order valence-corrected chi connectivity index (χ0v) is 13.4. The van der Waals surface area contributed by atoms with E-state index in [4.69, 9.17) is 5.11 Å². The molecule has 1 rings (SSSR count). The summed E-state index contributed by atoms with van der Waals surface area (Å²) in [7, 11) is -3.77. The summed E-state index contributed by atoms with van der Waals surface area (Å²) in [5, 5.41) is 9.09. The van der Waals surface area contributed by atoms with Crippen molar-refractivity contribution >= 4 is 38.4 Å². The summed E-state index contributed by atoms with van der Waals surface area (Å²) >= 11 is 1.99. The molecule has 0 saturated carbocycles. The summed E-state index contributed by atoms with van der Waals surface area (Å²) < 4.78 is 23.3. The van der Waals surface area contributed by atoms with Crippen LogP contribution in [0.3, 0.4) is 0 Å². The van der Waals surface area contributed by atoms with E-state index in [1.807, 2.05) is 22.6 Å². The molecule has 19 heavy (non-hydrogen) atoms. The first-order valence-corrected chi connectivity index (χ1v) is 8.34. The lowest BCUT2D eigenvalue weighted by Gasteiger charge is -2.22. The molecule has 1 N–H and O–H groups in total. The highest BCUT2D eigenvalue weighted by molar-refractivity contribution is 14.1. The molecule has 6 nitrogen and oxygen atoms in total. The Morgan fingerprint density at radius 3 is 2.53 bits per heavy atom. The van der Waals surface area contributed by atoms with Gasteiger partial charge >= 0.3 is 5.97 Å². The second-order valence-electron chi connectivity index (χ2n) is 4.43. The van der Waals surface area contributed by atoms with Gasteiger partial charge in [-0.05, 0) is 42.0 Å². The number of nitrogens with zero attached hydrogens (tertiary/aromatic N) is 1. The van der Waals surface area contributed by atoms with E-state index in [0.717, 1.165) is 16.7 Å². The Morgan fingerprint density at radius 2 is 2.11 bits per heavy atom. The van der Waals surface area contributed by atoms with Crippen LogP contribution in [0.4, 0.5) is 0 Å². The average Bonchev–Trinajstić information content (AvgIpc) is 2.25. The molecule has 1 unspecified atom stereocenters. The van der Waals surface area contributed by atoms with Gasteiger partial charge in [-0.15, -0.1) is 0 Å². The first kappa shape index (κ1) is 16.2. The topological polar surface area (TPSA) is 93.4 Å². The molecule has 0 amide bonds. The molecule has 0 bridgehead atoms. The van der Waals surface area contributed by atoms with Crippen molar-refractivity contribution in [2.75, 3.05) is 6.26 Å². The van der Waals surface area contributed by atoms with Crippen molar-refractivity contribution in [2.45, 2.75) is 24.6 Å². The zero-order valence-electron chi connectivity index (χ0n) is 10.5. The maximum Gasteiger partial charge on any atom is 0.324 e. The van der Waals surface area contributed by atoms with Crippen LogP contribution in [0.15, 0.2) is 23.1 Å². The van der Waals surface area contributed by atoms with Crippen LogP contribution in [0.1, 0.15) is 13.3 Å². The predicted octanol–water partition coefficient (Wildman–Crippen LogP) is 0.731. The highest BCUT2D eigenvalue weighted by Crippen LogP contribution is 2.21. The Labute approximate surface area is 124 Å². The number of halogens is 1. The number of aliphatic carboxylic acids is 1. The highest BCUT2D eigenvalue weighted by atomic mass is 127. The predicted molar refractivity (Wildman–Crippen MR) is 78.9 cm³/mol. The average molecular weight is 399 g/mol. The van der Waals surface area contributed by atoms with E-state index < -0.39 is 20.6 Å². The SMILES string of the molecule is CC(CCn1ccc(I)cc1=O)(C(=O)O)S(C)(=O)=O. The number of pyridine rings is 1. The van der Waals surface area contributed by atoms with E-state index in [0.29, 0.717) is 0 Å². The lowest BCUT2D eigenvalue weighted by molar-refractivity contribution is -0.139. The van der Waals surface area contributed by atoms with Crippen molar-refractivity contribution in [3.8, 4) is 0 Å². The third-order valence-electron chi connectivity index (χ3n) is 3.06. The summed E-state index contributed by atoms with van der Waals surface area (Å²) in [6.45, 7) is 1.19. The quantitative estimate of drug-likeness (QED) is 0.737. The third kappa shape index (κ3) is 3.56. The van der Waals surface area contributed by atoms with Gasteiger partial charge in [0.25, 0.3) is 5.56 Å². The number of carboxylic acids is 1. The molecule has 1 aromatic heterocycles. The first-order valence-electron chi connectivity index (χ1n) is 5.37. The van der Waals surface area contributed by atoms with Crippen molar-refractivity contribution in [1.82, 2.24) is 4.57 Å². The standard InChI is InChI=1S/C11H14INO5S/c1-11(10(15)16,19(2,17)18)4-6-13-5-3-8(12)7-9(13)14/h3,5,7H,4,6H2,1-2H3,(H,15,16). The van der Waals surface area contributed by atoms with Crippen molar-refractivity contribution in [3.63, 3.8) is 0 Å². The molecule has 8 heteroatoms. The molecule has 1 aromatic rings. The Morgan fingerprint density at radius 1 is 1.53 bits per heavy atom. The molecule has 0 aliphatic heterocycles. The van der Waals surface area contributed by atoms with E-state index in [9.17, 15) is 18.0 Å². The number of aromatic nitrogens is 1. The number of carboxylic acid groups (broad SMARTS) is 1. The van der Waals surface area contributed by atoms with Crippen LogP contribution >= 0.6 is 22.6 Å². The summed E-state index contributed by atoms with van der Waals surface area (Å²) in [5.41, 5.74) is -0.284. The maximum absolute atomic E-state index is 11.6. The molecule has 0 aliphatic carbocycles. The summed E-state index contributed by atoms with van der Waals surface area (Å²) in [4.78, 5) is 22.8. The highest BCUT2D eigenvalue weighted by Gasteiger charge is 2.43. The molecular weight excluding hydrogens is 385 g/mol. The normalized spacial score (nSPS) is 14.9. The van der Waals surface area contributed by atoms with Gasteiger partial charge in [0.05, 0.1) is 0 Å². The van der Waals surface area contributed by atoms with Crippen molar-refractivity contribution in [2.24, 2.45) is 0 Å². The Balaban J connectivity index is 3.02. The molecule has 106 valence electrons. The van der Waals surface area contributed by atoms with Gasteiger partial charge in [-0.3, -0.25) is 9.59 Å². The molecule has 1 heterocycles. The molecule has 0 aliphatic rings. The first-order chi connectivity index (χ1) is 8.58. The molecule has 0 aromatic carbocycles.